The molecule has 0 spiro atoms. The zero-order valence-corrected chi connectivity index (χ0v) is 11.8. The number of aryl methyl sites for hydroxylation is 1. The molecule has 6 nitrogen and oxygen atoms in total. The second-order valence-electron chi connectivity index (χ2n) is 5.81. The second kappa shape index (κ2) is 5.02. The Hall–Kier alpha value is -2.11. The molecule has 0 radical (unpaired) electrons. The smallest absolute Gasteiger partial charge is 0.293 e. The van der Waals surface area contributed by atoms with Crippen LogP contribution >= 0.6 is 0 Å². The molecule has 1 saturated heterocycles. The van der Waals surface area contributed by atoms with Crippen LogP contribution in [0.25, 0.3) is 0 Å². The summed E-state index contributed by atoms with van der Waals surface area (Å²) in [5, 5.41) is 11.1. The fraction of sp³-hybridized carbons (Fsp3) is 0.533. The van der Waals surface area contributed by atoms with E-state index in [0.717, 1.165) is 62.0 Å². The molecule has 2 aromatic heterocycles. The number of nitrogens with zero attached hydrogens (tertiary/aromatic N) is 3. The molecule has 1 atom stereocenters. The molecule has 0 aromatic carbocycles. The molecule has 0 bridgehead atoms. The summed E-state index contributed by atoms with van der Waals surface area (Å²) >= 11 is 0. The van der Waals surface area contributed by atoms with Crippen molar-refractivity contribution < 1.29 is 9.32 Å². The van der Waals surface area contributed by atoms with Crippen LogP contribution in [0.3, 0.4) is 0 Å². The molecule has 110 valence electrons. The van der Waals surface area contributed by atoms with Crippen LogP contribution in [-0.4, -0.2) is 32.7 Å². The molecule has 2 aliphatic rings. The van der Waals surface area contributed by atoms with E-state index in [1.165, 1.54) is 0 Å². The maximum absolute atomic E-state index is 12.8. The van der Waals surface area contributed by atoms with Crippen LogP contribution in [0, 0.1) is 0 Å². The van der Waals surface area contributed by atoms with Crippen LogP contribution < -0.4 is 0 Å². The van der Waals surface area contributed by atoms with Crippen molar-refractivity contribution >= 4 is 5.91 Å². The molecule has 1 fully saturated rings. The predicted octanol–water partition coefficient (Wildman–Crippen LogP) is 2.25. The quantitative estimate of drug-likeness (QED) is 0.918. The lowest BCUT2D eigenvalue weighted by molar-refractivity contribution is 0.0689. The number of amides is 1. The Morgan fingerprint density at radius 1 is 1.33 bits per heavy atom. The number of aromatic amines is 1. The van der Waals surface area contributed by atoms with Crippen molar-refractivity contribution in [3.05, 3.63) is 35.0 Å². The van der Waals surface area contributed by atoms with Crippen molar-refractivity contribution in [1.29, 1.82) is 0 Å². The molecule has 1 aliphatic carbocycles. The van der Waals surface area contributed by atoms with Gasteiger partial charge in [-0.25, -0.2) is 0 Å². The number of aromatic nitrogens is 3. The average Bonchev–Trinajstić information content (AvgIpc) is 3.25. The molecule has 1 aliphatic heterocycles. The number of rotatable bonds is 2. The zero-order chi connectivity index (χ0) is 14.2. The number of carbonyl (C=O) groups is 1. The van der Waals surface area contributed by atoms with E-state index in [-0.39, 0.29) is 11.9 Å². The third kappa shape index (κ3) is 2.05. The maximum atomic E-state index is 12.8. The molecule has 3 heterocycles. The highest BCUT2D eigenvalue weighted by atomic mass is 16.5. The molecule has 0 saturated carbocycles. The van der Waals surface area contributed by atoms with Gasteiger partial charge in [-0.05, 0) is 44.6 Å². The third-order valence-electron chi connectivity index (χ3n) is 4.55. The van der Waals surface area contributed by atoms with Gasteiger partial charge in [-0.1, -0.05) is 5.16 Å². The molecular weight excluding hydrogens is 268 g/mol. The molecule has 6 heteroatoms. The van der Waals surface area contributed by atoms with E-state index >= 15 is 0 Å². The van der Waals surface area contributed by atoms with Crippen LogP contribution in [0.5, 0.6) is 0 Å². The highest BCUT2D eigenvalue weighted by Crippen LogP contribution is 2.33. The average molecular weight is 286 g/mol. The van der Waals surface area contributed by atoms with E-state index in [1.807, 2.05) is 11.0 Å². The van der Waals surface area contributed by atoms with Gasteiger partial charge in [-0.3, -0.25) is 9.89 Å². The Kier molecular flexibility index (Phi) is 3.02. The van der Waals surface area contributed by atoms with Crippen LogP contribution in [0.1, 0.15) is 59.2 Å². The van der Waals surface area contributed by atoms with E-state index in [2.05, 4.69) is 15.4 Å². The summed E-state index contributed by atoms with van der Waals surface area (Å²) in [7, 11) is 0. The van der Waals surface area contributed by atoms with Crippen molar-refractivity contribution in [2.45, 2.75) is 44.6 Å². The Morgan fingerprint density at radius 2 is 2.24 bits per heavy atom. The first-order valence-electron chi connectivity index (χ1n) is 7.62. The van der Waals surface area contributed by atoms with Crippen molar-refractivity contribution in [2.75, 3.05) is 6.54 Å². The number of hydrogen-bond donors (Lipinski definition) is 1. The largest absolute Gasteiger partial charge is 0.350 e. The normalized spacial score (nSPS) is 21.5. The van der Waals surface area contributed by atoms with E-state index in [4.69, 9.17) is 4.52 Å². The highest BCUT2D eigenvalue weighted by Gasteiger charge is 2.35. The Balaban J connectivity index is 1.63. The van der Waals surface area contributed by atoms with Gasteiger partial charge in [0.15, 0.2) is 0 Å². The van der Waals surface area contributed by atoms with Crippen LogP contribution in [0.15, 0.2) is 16.8 Å². The van der Waals surface area contributed by atoms with Gasteiger partial charge in [-0.15, -0.1) is 0 Å². The van der Waals surface area contributed by atoms with Crippen molar-refractivity contribution in [1.82, 2.24) is 20.3 Å². The van der Waals surface area contributed by atoms with E-state index in [1.54, 1.807) is 6.20 Å². The Labute approximate surface area is 122 Å². The summed E-state index contributed by atoms with van der Waals surface area (Å²) in [5.41, 5.74) is 3.00. The van der Waals surface area contributed by atoms with Gasteiger partial charge in [-0.2, -0.15) is 5.10 Å². The van der Waals surface area contributed by atoms with Crippen molar-refractivity contribution in [3.63, 3.8) is 0 Å². The zero-order valence-electron chi connectivity index (χ0n) is 11.8. The van der Waals surface area contributed by atoms with Crippen LogP contribution in [-0.2, 0) is 12.8 Å². The highest BCUT2D eigenvalue weighted by molar-refractivity contribution is 5.93. The third-order valence-corrected chi connectivity index (χ3v) is 4.55. The summed E-state index contributed by atoms with van der Waals surface area (Å²) in [5.74, 6) is 0.430. The first-order valence-corrected chi connectivity index (χ1v) is 7.62. The second-order valence-corrected chi connectivity index (χ2v) is 5.81. The van der Waals surface area contributed by atoms with Gasteiger partial charge >= 0.3 is 0 Å². The minimum Gasteiger partial charge on any atom is -0.350 e. The fourth-order valence-corrected chi connectivity index (χ4v) is 3.47. The van der Waals surface area contributed by atoms with Gasteiger partial charge < -0.3 is 9.42 Å². The van der Waals surface area contributed by atoms with Gasteiger partial charge in [0.05, 0.1) is 17.4 Å². The number of fused-ring (bicyclic) bond motifs is 1. The summed E-state index contributed by atoms with van der Waals surface area (Å²) in [6.45, 7) is 0.762. The van der Waals surface area contributed by atoms with Gasteiger partial charge in [0, 0.05) is 18.3 Å². The van der Waals surface area contributed by atoms with E-state index < -0.39 is 0 Å². The molecule has 4 rings (SSSR count). The summed E-state index contributed by atoms with van der Waals surface area (Å²) < 4.78 is 5.39. The summed E-state index contributed by atoms with van der Waals surface area (Å²) in [6, 6.07) is 2.01. The molecule has 1 N–H and O–H groups in total. The maximum Gasteiger partial charge on any atom is 0.293 e. The molecule has 1 amide bonds. The van der Waals surface area contributed by atoms with E-state index in [9.17, 15) is 4.79 Å². The fourth-order valence-electron chi connectivity index (χ4n) is 3.47. The lowest BCUT2D eigenvalue weighted by Gasteiger charge is -2.23. The van der Waals surface area contributed by atoms with Gasteiger partial charge in [0.25, 0.3) is 5.91 Å². The number of hydrogen-bond acceptors (Lipinski definition) is 4. The topological polar surface area (TPSA) is 75.0 Å². The first-order chi connectivity index (χ1) is 10.3. The predicted molar refractivity (Wildman–Crippen MR) is 74.7 cm³/mol. The minimum atomic E-state index is -0.0252. The molecule has 1 unspecified atom stereocenters. The molecular formula is C15H18N4O2. The monoisotopic (exact) mass is 286 g/mol. The lowest BCUT2D eigenvalue weighted by Crippen LogP contribution is -2.31. The number of carbonyl (C=O) groups excluding carboxylic acids is 1. The Bertz CT molecular complexity index is 647. The summed E-state index contributed by atoms with van der Waals surface area (Å²) in [6.07, 6.45) is 7.77. The molecule has 21 heavy (non-hydrogen) atoms. The number of likely N-dealkylation sites (tertiary alicyclic amines) is 1. The van der Waals surface area contributed by atoms with Gasteiger partial charge in [0.2, 0.25) is 5.76 Å². The minimum absolute atomic E-state index is 0.0252. The van der Waals surface area contributed by atoms with E-state index in [0.29, 0.717) is 5.76 Å². The van der Waals surface area contributed by atoms with Crippen LogP contribution in [0.2, 0.25) is 0 Å². The van der Waals surface area contributed by atoms with Crippen LogP contribution in [0.4, 0.5) is 0 Å². The standard InChI is InChI=1S/C15H18N4O2/c20-15(14-10-4-1-2-5-11(10)18-21-14)19-9-3-6-13(19)12-7-8-16-17-12/h7-8,13H,1-6,9H2,(H,16,17). The number of H-pyrrole nitrogens is 1. The lowest BCUT2D eigenvalue weighted by atomic mass is 9.96. The van der Waals surface area contributed by atoms with Crippen molar-refractivity contribution in [3.8, 4) is 0 Å². The summed E-state index contributed by atoms with van der Waals surface area (Å²) in [4.78, 5) is 14.7. The molecule has 2 aromatic rings. The first kappa shape index (κ1) is 12.6. The Morgan fingerprint density at radius 3 is 3.10 bits per heavy atom. The van der Waals surface area contributed by atoms with Crippen molar-refractivity contribution in [2.24, 2.45) is 0 Å². The van der Waals surface area contributed by atoms with Gasteiger partial charge in [0.1, 0.15) is 0 Å². The SMILES string of the molecule is O=C(c1onc2c1CCCC2)N1CCCC1c1ccn[nH]1. The number of nitrogens with one attached hydrogen (secondary N) is 1.